The Balaban J connectivity index is 1.87. The van der Waals surface area contributed by atoms with Gasteiger partial charge in [0.15, 0.2) is 0 Å². The van der Waals surface area contributed by atoms with Gasteiger partial charge < -0.3 is 0 Å². The largest absolute Gasteiger partial charge is 0.296 e. The van der Waals surface area contributed by atoms with Crippen molar-refractivity contribution in [3.05, 3.63) is 64.8 Å². The summed E-state index contributed by atoms with van der Waals surface area (Å²) in [5.74, 6) is -0.302. The summed E-state index contributed by atoms with van der Waals surface area (Å²) in [6.07, 6.45) is 1.68. The molecule has 0 bridgehead atoms. The van der Waals surface area contributed by atoms with E-state index in [0.717, 1.165) is 0 Å². The Morgan fingerprint density at radius 3 is 2.80 bits per heavy atom. The summed E-state index contributed by atoms with van der Waals surface area (Å²) < 4.78 is 0. The zero-order valence-corrected chi connectivity index (χ0v) is 14.3. The molecule has 0 aliphatic rings. The highest BCUT2D eigenvalue weighted by atomic mass is 35.5. The van der Waals surface area contributed by atoms with Gasteiger partial charge in [-0.05, 0) is 36.4 Å². The van der Waals surface area contributed by atoms with Crippen LogP contribution in [0.1, 0.15) is 10.4 Å². The number of anilines is 1. The van der Waals surface area contributed by atoms with Gasteiger partial charge in [-0.1, -0.05) is 29.0 Å². The van der Waals surface area contributed by atoms with E-state index in [1.165, 1.54) is 11.3 Å². The molecule has 0 radical (unpaired) electrons. The molecule has 0 unspecified atom stereocenters. The highest BCUT2D eigenvalue weighted by Crippen LogP contribution is 2.27. The molecule has 25 heavy (non-hydrogen) atoms. The van der Waals surface area contributed by atoms with Crippen LogP contribution in [0, 0.1) is 0 Å². The molecule has 0 aliphatic carbocycles. The van der Waals surface area contributed by atoms with Crippen LogP contribution in [0.15, 0.2) is 54.2 Å². The van der Waals surface area contributed by atoms with Crippen LogP contribution < -0.4 is 5.32 Å². The number of nitrogens with zero attached hydrogens (tertiary/aromatic N) is 4. The molecule has 6 nitrogen and oxygen atoms in total. The van der Waals surface area contributed by atoms with Gasteiger partial charge in [0.2, 0.25) is 5.13 Å². The highest BCUT2D eigenvalue weighted by Gasteiger charge is 2.16. The van der Waals surface area contributed by atoms with E-state index in [-0.39, 0.29) is 5.91 Å². The minimum absolute atomic E-state index is 0.302. The first-order valence-electron chi connectivity index (χ1n) is 7.30. The highest BCUT2D eigenvalue weighted by molar-refractivity contribution is 7.13. The lowest BCUT2D eigenvalue weighted by Crippen LogP contribution is -2.13. The second kappa shape index (κ2) is 6.54. The molecule has 0 spiro atoms. The number of hydrogen-bond donors (Lipinski definition) is 1. The van der Waals surface area contributed by atoms with Crippen LogP contribution in [0.2, 0.25) is 5.02 Å². The Bertz CT molecular complexity index is 1050. The van der Waals surface area contributed by atoms with Crippen molar-refractivity contribution in [1.82, 2.24) is 20.2 Å². The van der Waals surface area contributed by atoms with Crippen molar-refractivity contribution in [2.24, 2.45) is 0 Å². The minimum Gasteiger partial charge on any atom is -0.296 e. The molecule has 8 heteroatoms. The molecule has 4 aromatic rings. The molecule has 0 aliphatic heterocycles. The molecule has 1 amide bonds. The zero-order valence-electron chi connectivity index (χ0n) is 12.7. The van der Waals surface area contributed by atoms with Gasteiger partial charge in [0.05, 0.1) is 22.5 Å². The number of amides is 1. The summed E-state index contributed by atoms with van der Waals surface area (Å²) in [5.41, 5.74) is 3.96. The lowest BCUT2D eigenvalue weighted by molar-refractivity contribution is 0.102. The van der Waals surface area contributed by atoms with Gasteiger partial charge in [0.1, 0.15) is 5.51 Å². The fraction of sp³-hybridized carbons (Fsp3) is 0. The average Bonchev–Trinajstić information content (AvgIpc) is 3.14. The average molecular weight is 368 g/mol. The van der Waals surface area contributed by atoms with E-state index in [2.05, 4.69) is 25.5 Å². The van der Waals surface area contributed by atoms with E-state index < -0.39 is 0 Å². The molecular weight excluding hydrogens is 358 g/mol. The topological polar surface area (TPSA) is 80.7 Å². The number of pyridine rings is 2. The van der Waals surface area contributed by atoms with Crippen molar-refractivity contribution < 1.29 is 4.79 Å². The second-order valence-corrected chi connectivity index (χ2v) is 6.40. The summed E-state index contributed by atoms with van der Waals surface area (Å²) in [7, 11) is 0. The predicted molar refractivity (Wildman–Crippen MR) is 97.8 cm³/mol. The lowest BCUT2D eigenvalue weighted by Gasteiger charge is -2.09. The molecule has 0 saturated carbocycles. The van der Waals surface area contributed by atoms with Gasteiger partial charge in [-0.3, -0.25) is 15.1 Å². The number of rotatable bonds is 3. The molecule has 4 rings (SSSR count). The first-order chi connectivity index (χ1) is 12.2. The van der Waals surface area contributed by atoms with Crippen molar-refractivity contribution in [3.8, 4) is 11.4 Å². The van der Waals surface area contributed by atoms with E-state index in [4.69, 9.17) is 11.6 Å². The molecule has 3 aromatic heterocycles. The summed E-state index contributed by atoms with van der Waals surface area (Å²) in [4.78, 5) is 21.7. The summed E-state index contributed by atoms with van der Waals surface area (Å²) in [6, 6.07) is 12.5. The third kappa shape index (κ3) is 3.19. The monoisotopic (exact) mass is 367 g/mol. The summed E-state index contributed by atoms with van der Waals surface area (Å²) >= 11 is 7.35. The maximum absolute atomic E-state index is 12.8. The number of fused-ring (bicyclic) bond motifs is 1. The fourth-order valence-electron chi connectivity index (χ4n) is 2.42. The Labute approximate surface area is 151 Å². The van der Waals surface area contributed by atoms with E-state index in [9.17, 15) is 4.79 Å². The van der Waals surface area contributed by atoms with Crippen LogP contribution in [0.5, 0.6) is 0 Å². The van der Waals surface area contributed by atoms with Gasteiger partial charge >= 0.3 is 0 Å². The lowest BCUT2D eigenvalue weighted by atomic mass is 10.1. The van der Waals surface area contributed by atoms with Crippen molar-refractivity contribution >= 4 is 44.9 Å². The third-order valence-corrected chi connectivity index (χ3v) is 4.36. The number of halogens is 1. The SMILES string of the molecule is O=C(Nc1nncs1)c1cc(-c2ccccn2)nc2ccc(Cl)cc12. The smallest absolute Gasteiger partial charge is 0.258 e. The van der Waals surface area contributed by atoms with E-state index in [1.807, 2.05) is 18.2 Å². The second-order valence-electron chi connectivity index (χ2n) is 5.13. The molecular formula is C17H10ClN5OS. The molecule has 0 saturated heterocycles. The Morgan fingerprint density at radius 2 is 2.04 bits per heavy atom. The van der Waals surface area contributed by atoms with Crippen LogP contribution >= 0.6 is 22.9 Å². The zero-order chi connectivity index (χ0) is 17.2. The number of hydrogen-bond acceptors (Lipinski definition) is 6. The van der Waals surface area contributed by atoms with Gasteiger partial charge in [0, 0.05) is 16.6 Å². The molecule has 0 atom stereocenters. The number of carbonyl (C=O) groups excluding carboxylic acids is 1. The van der Waals surface area contributed by atoms with Crippen molar-refractivity contribution in [2.75, 3.05) is 5.32 Å². The Morgan fingerprint density at radius 1 is 1.12 bits per heavy atom. The van der Waals surface area contributed by atoms with Crippen LogP contribution in [0.4, 0.5) is 5.13 Å². The fourth-order valence-corrected chi connectivity index (χ4v) is 3.04. The maximum Gasteiger partial charge on any atom is 0.258 e. The summed E-state index contributed by atoms with van der Waals surface area (Å²) in [6.45, 7) is 0. The number of carbonyl (C=O) groups is 1. The number of aromatic nitrogens is 4. The first kappa shape index (κ1) is 15.6. The molecule has 3 heterocycles. The molecule has 1 N–H and O–H groups in total. The van der Waals surface area contributed by atoms with Gasteiger partial charge in [0.25, 0.3) is 5.91 Å². The Kier molecular flexibility index (Phi) is 4.09. The minimum atomic E-state index is -0.302. The predicted octanol–water partition coefficient (Wildman–Crippen LogP) is 4.05. The normalized spacial score (nSPS) is 10.8. The number of nitrogens with one attached hydrogen (secondary N) is 1. The van der Waals surface area contributed by atoms with Crippen LogP contribution in [0.25, 0.3) is 22.3 Å². The van der Waals surface area contributed by atoms with Crippen molar-refractivity contribution in [3.63, 3.8) is 0 Å². The van der Waals surface area contributed by atoms with Crippen molar-refractivity contribution in [1.29, 1.82) is 0 Å². The van der Waals surface area contributed by atoms with Crippen LogP contribution in [0.3, 0.4) is 0 Å². The molecule has 1 aromatic carbocycles. The first-order valence-corrected chi connectivity index (χ1v) is 8.56. The van der Waals surface area contributed by atoms with Gasteiger partial charge in [-0.25, -0.2) is 4.98 Å². The van der Waals surface area contributed by atoms with Crippen molar-refractivity contribution in [2.45, 2.75) is 0 Å². The van der Waals surface area contributed by atoms with Gasteiger partial charge in [-0.15, -0.1) is 10.2 Å². The van der Waals surface area contributed by atoms with Crippen LogP contribution in [-0.4, -0.2) is 26.1 Å². The standard InChI is InChI=1S/C17H10ClN5OS/c18-10-4-5-13-11(7-10)12(16(24)22-17-23-20-9-25-17)8-15(21-13)14-3-1-2-6-19-14/h1-9H,(H,22,23,24). The maximum atomic E-state index is 12.8. The third-order valence-electron chi connectivity index (χ3n) is 3.52. The quantitative estimate of drug-likeness (QED) is 0.590. The summed E-state index contributed by atoms with van der Waals surface area (Å²) in [5, 5.41) is 11.9. The van der Waals surface area contributed by atoms with Crippen LogP contribution in [-0.2, 0) is 0 Å². The van der Waals surface area contributed by atoms with Gasteiger partial charge in [-0.2, -0.15) is 0 Å². The van der Waals surface area contributed by atoms with E-state index in [0.29, 0.717) is 38.0 Å². The van der Waals surface area contributed by atoms with E-state index in [1.54, 1.807) is 36.0 Å². The molecule has 122 valence electrons. The Hall–Kier alpha value is -2.90. The molecule has 0 fully saturated rings. The number of benzene rings is 1. The van der Waals surface area contributed by atoms with E-state index >= 15 is 0 Å².